The molecule has 0 bridgehead atoms. The first-order valence-corrected chi connectivity index (χ1v) is 54.1. The minimum Gasteiger partial charge on any atom is -0.379 e. The number of ether oxygens (including phenoxy) is 5. The van der Waals surface area contributed by atoms with E-state index < -0.39 is 0 Å². The number of likely N-dealkylation sites (N-methyl/N-ethyl adjacent to an activating group) is 1. The van der Waals surface area contributed by atoms with Gasteiger partial charge in [0.15, 0.2) is 0 Å². The van der Waals surface area contributed by atoms with Crippen LogP contribution in [-0.4, -0.2) is 308 Å². The fourth-order valence-electron chi connectivity index (χ4n) is 13.5. The molecule has 0 fully saturated rings. The van der Waals surface area contributed by atoms with Crippen LogP contribution < -0.4 is 10.6 Å². The van der Waals surface area contributed by atoms with Gasteiger partial charge in [-0.1, -0.05) is 219 Å². The number of rotatable bonds is 65. The predicted octanol–water partition coefficient (Wildman–Crippen LogP) is 22.7. The van der Waals surface area contributed by atoms with Crippen molar-refractivity contribution in [1.29, 1.82) is 0 Å². The minimum absolute atomic E-state index is 0.0578. The SMILES string of the molecule is CC(C)CCCC(=O)N(C)CC(C)C.CC(C)CCCCCC(=O)N(C)CC(C)C.CC(C)CN(C)C(=O)CCCCCNC(C)C.CC(C)CN(C)C(=O)CCCCCOC(C)C.CC(C)CN(C)C(=O)CCCCOC(C)C.CC(C)CN(C)C(=O)CCCNC(C)C.CC(C)CN(C)C(=O)CCCOC(C)C.CC(C)CN(C)C(=O)CCOC(C)C.CC(C)CN(C)C(=O)COC(C)C. The Bertz CT molecular complexity index is 2620. The van der Waals surface area contributed by atoms with E-state index in [1.165, 1.54) is 25.7 Å². The molecule has 0 spiro atoms. The first kappa shape index (κ1) is 150. The molecule has 0 saturated carbocycles. The summed E-state index contributed by atoms with van der Waals surface area (Å²) in [7, 11) is 16.9. The first-order chi connectivity index (χ1) is 63.4. The van der Waals surface area contributed by atoms with Crippen molar-refractivity contribution in [2.45, 2.75) is 446 Å². The van der Waals surface area contributed by atoms with E-state index in [2.05, 4.69) is 191 Å². The lowest BCUT2D eigenvalue weighted by atomic mass is 10.0. The lowest BCUT2D eigenvalue weighted by molar-refractivity contribution is -0.137. The molecular weight excluding hydrogens is 1720 g/mol. The number of nitrogens with one attached hydrogen (secondary N) is 2. The Morgan fingerprint density at radius 2 is 0.372 bits per heavy atom. The smallest absolute Gasteiger partial charge is 0.248 e. The van der Waals surface area contributed by atoms with Gasteiger partial charge in [0, 0.05) is 199 Å². The molecule has 0 radical (unpaired) electrons. The van der Waals surface area contributed by atoms with Crippen molar-refractivity contribution in [2.75, 3.05) is 168 Å². The van der Waals surface area contributed by atoms with Crippen molar-refractivity contribution >= 4 is 53.2 Å². The predicted molar refractivity (Wildman–Crippen MR) is 584 cm³/mol. The molecule has 0 aliphatic rings. The summed E-state index contributed by atoms with van der Waals surface area (Å²) in [6.45, 7) is 88.3. The molecule has 137 heavy (non-hydrogen) atoms. The number of nitrogens with zero attached hydrogens (tertiary/aromatic N) is 9. The molecule has 822 valence electrons. The Labute approximate surface area is 849 Å². The molecule has 0 saturated heterocycles. The van der Waals surface area contributed by atoms with Gasteiger partial charge in [-0.05, 0) is 212 Å². The molecule has 0 rings (SSSR count). The zero-order valence-electron chi connectivity index (χ0n) is 98.9. The van der Waals surface area contributed by atoms with Crippen LogP contribution in [0.5, 0.6) is 0 Å². The Hall–Kier alpha value is -5.05. The molecule has 0 unspecified atom stereocenters. The van der Waals surface area contributed by atoms with E-state index in [9.17, 15) is 43.2 Å². The molecule has 0 aliphatic heterocycles. The van der Waals surface area contributed by atoms with Gasteiger partial charge in [0.2, 0.25) is 53.2 Å². The van der Waals surface area contributed by atoms with Crippen LogP contribution in [0.3, 0.4) is 0 Å². The van der Waals surface area contributed by atoms with Crippen LogP contribution in [0.1, 0.15) is 403 Å². The fraction of sp³-hybridized carbons (Fsp3) is 0.920. The van der Waals surface area contributed by atoms with Crippen LogP contribution in [-0.2, 0) is 66.8 Å². The van der Waals surface area contributed by atoms with Crippen LogP contribution in [0, 0.1) is 65.1 Å². The largest absolute Gasteiger partial charge is 0.379 e. The Kier molecular flexibility index (Phi) is 107. The number of unbranched alkanes of at least 4 members (excludes halogenated alkanes) is 7. The highest BCUT2D eigenvalue weighted by Crippen LogP contribution is 2.15. The van der Waals surface area contributed by atoms with Crippen molar-refractivity contribution in [3.8, 4) is 0 Å². The maximum atomic E-state index is 11.7. The van der Waals surface area contributed by atoms with Crippen molar-refractivity contribution in [2.24, 2.45) is 65.1 Å². The summed E-state index contributed by atoms with van der Waals surface area (Å²) in [6.07, 6.45) is 23.4. The number of hydrogen-bond acceptors (Lipinski definition) is 16. The van der Waals surface area contributed by atoms with Gasteiger partial charge >= 0.3 is 0 Å². The van der Waals surface area contributed by atoms with Gasteiger partial charge in [-0.3, -0.25) is 43.2 Å². The van der Waals surface area contributed by atoms with E-state index in [0.29, 0.717) is 153 Å². The van der Waals surface area contributed by atoms with Crippen molar-refractivity contribution in [3.63, 3.8) is 0 Å². The summed E-state index contributed by atoms with van der Waals surface area (Å²) in [5, 5.41) is 6.70. The lowest BCUT2D eigenvalue weighted by Gasteiger charge is -2.19. The maximum Gasteiger partial charge on any atom is 0.248 e. The third kappa shape index (κ3) is 125. The van der Waals surface area contributed by atoms with E-state index in [4.69, 9.17) is 23.7 Å². The molecule has 0 aromatic heterocycles. The molecule has 25 heteroatoms. The lowest BCUT2D eigenvalue weighted by Crippen LogP contribution is -2.33. The highest BCUT2D eigenvalue weighted by atomic mass is 16.5. The van der Waals surface area contributed by atoms with Gasteiger partial charge in [-0.15, -0.1) is 0 Å². The van der Waals surface area contributed by atoms with Gasteiger partial charge < -0.3 is 78.4 Å². The molecule has 0 atom stereocenters. The molecule has 2 N–H and O–H groups in total. The van der Waals surface area contributed by atoms with Crippen molar-refractivity contribution in [3.05, 3.63) is 0 Å². The van der Waals surface area contributed by atoms with Crippen molar-refractivity contribution in [1.82, 2.24) is 54.7 Å². The summed E-state index contributed by atoms with van der Waals surface area (Å²) >= 11 is 0. The zero-order chi connectivity index (χ0) is 108. The fourth-order valence-corrected chi connectivity index (χ4v) is 13.5. The topological polar surface area (TPSA) is 253 Å². The molecule has 9 amide bonds. The van der Waals surface area contributed by atoms with E-state index in [-0.39, 0.29) is 66.3 Å². The molecule has 0 heterocycles. The Morgan fingerprint density at radius 1 is 0.182 bits per heavy atom. The quantitative estimate of drug-likeness (QED) is 0.0537. The van der Waals surface area contributed by atoms with Gasteiger partial charge in [0.05, 0.1) is 43.5 Å². The second-order valence-electron chi connectivity index (χ2n) is 44.6. The number of amides is 9. The van der Waals surface area contributed by atoms with Gasteiger partial charge in [0.1, 0.15) is 6.61 Å². The summed E-state index contributed by atoms with van der Waals surface area (Å²) in [4.78, 5) is 121. The standard InChI is InChI=1S/C14H30N2O.C14H29NO2.C14H29NO.C13H27NO2.C12H26N2O.C12H25NO2.C12H25NO.C11H23NO2.C10H21NO2/c1-12(2)11-16(5)14(17)9-7-6-8-10-15-13(3)4;1-12(2)11-15(5)14(16)9-7-6-8-10-17-13(3)4;1-12(2)9-7-6-8-10-14(16)15(5)11-13(3)4;1-11(2)10-14(5)13(15)8-6-7-9-16-12(3)4;1-10(2)9-14(5)12(15)7-6-8-13-11(3)4;1-10(2)9-13(5)12(14)7-6-8-15-11(3)4;1-10(2)7-6-8-12(14)13(5)9-11(3)4;1-9(2)8-12(5)11(13)6-7-14-10(3)4;1-8(2)6-11(5)10(12)7-13-9(3)4/h12-13,15H,6-11H2,1-5H3;12-13H,6-11H2,1-5H3;12-13H,6-11H2,1-5H3;11-12H,6-10H2,1-5H3;10-11,13H,6-9H2,1-5H3;10-11H,6-9H2,1-5H3;10-11H,6-9H2,1-5H3;9-10H,6-8H2,1-5H3;8-9H,6-7H2,1-5H3. The van der Waals surface area contributed by atoms with E-state index in [1.54, 1.807) is 14.7 Å². The summed E-state index contributed by atoms with van der Waals surface area (Å²) in [6, 6.07) is 1.07. The molecule has 0 aromatic carbocycles. The highest BCUT2D eigenvalue weighted by Gasteiger charge is 2.19. The number of carbonyl (C=O) groups is 9. The zero-order valence-corrected chi connectivity index (χ0v) is 98.9. The van der Waals surface area contributed by atoms with Gasteiger partial charge in [-0.2, -0.15) is 0 Å². The third-order valence-electron chi connectivity index (χ3n) is 20.2. The summed E-state index contributed by atoms with van der Waals surface area (Å²) in [5.74, 6) is 8.48. The molecule has 0 aromatic rings. The van der Waals surface area contributed by atoms with E-state index in [1.807, 2.05) is 162 Å². The van der Waals surface area contributed by atoms with Crippen LogP contribution in [0.4, 0.5) is 0 Å². The molecule has 25 nitrogen and oxygen atoms in total. The summed E-state index contributed by atoms with van der Waals surface area (Å²) in [5.41, 5.74) is 0. The van der Waals surface area contributed by atoms with Crippen molar-refractivity contribution < 1.29 is 66.8 Å². The molecular formula is C112H235N11O14. The minimum atomic E-state index is 0.0578. The second kappa shape index (κ2) is 98.3. The molecule has 0 aliphatic carbocycles. The van der Waals surface area contributed by atoms with Gasteiger partial charge in [-0.25, -0.2) is 0 Å². The average molecular weight is 1960 g/mol. The van der Waals surface area contributed by atoms with Crippen LogP contribution in [0.2, 0.25) is 0 Å². The van der Waals surface area contributed by atoms with E-state index in [0.717, 1.165) is 175 Å². The average Bonchev–Trinajstić information content (AvgIpc) is 0.950. The highest BCUT2D eigenvalue weighted by molar-refractivity contribution is 5.79. The maximum absolute atomic E-state index is 11.7. The Balaban J connectivity index is -0.000000192. The first-order valence-electron chi connectivity index (χ1n) is 54.1. The summed E-state index contributed by atoms with van der Waals surface area (Å²) < 4.78 is 26.8. The van der Waals surface area contributed by atoms with Crippen LogP contribution >= 0.6 is 0 Å². The number of hydrogen-bond donors (Lipinski definition) is 2. The van der Waals surface area contributed by atoms with Crippen LogP contribution in [0.25, 0.3) is 0 Å². The Morgan fingerprint density at radius 3 is 0.628 bits per heavy atom. The monoisotopic (exact) mass is 1960 g/mol. The second-order valence-corrected chi connectivity index (χ2v) is 44.6. The number of carbonyl (C=O) groups excluding carboxylic acids is 9. The van der Waals surface area contributed by atoms with E-state index >= 15 is 0 Å². The normalized spacial score (nSPS) is 11.1. The van der Waals surface area contributed by atoms with Gasteiger partial charge in [0.25, 0.3) is 0 Å². The van der Waals surface area contributed by atoms with Crippen LogP contribution in [0.15, 0.2) is 0 Å². The third-order valence-corrected chi connectivity index (χ3v) is 20.2.